The summed E-state index contributed by atoms with van der Waals surface area (Å²) in [5.74, 6) is 0.978. The van der Waals surface area contributed by atoms with Crippen molar-refractivity contribution in [3.63, 3.8) is 0 Å². The number of methoxy groups -OCH3 is 1. The Hall–Kier alpha value is -3.81. The van der Waals surface area contributed by atoms with Gasteiger partial charge in [0.15, 0.2) is 17.3 Å². The number of benzene rings is 2. The molecule has 0 spiro atoms. The molecule has 0 radical (unpaired) electrons. The van der Waals surface area contributed by atoms with Crippen LogP contribution >= 0.6 is 0 Å². The molecular weight excluding hydrogens is 424 g/mol. The molecule has 0 bridgehead atoms. The molecule has 5 rings (SSSR count). The number of aryl methyl sites for hydroxylation is 2. The van der Waals surface area contributed by atoms with Crippen molar-refractivity contribution in [2.24, 2.45) is 0 Å². The molecule has 0 N–H and O–H groups in total. The molecule has 1 aliphatic rings. The van der Waals surface area contributed by atoms with Crippen molar-refractivity contribution in [3.05, 3.63) is 89.3 Å². The van der Waals surface area contributed by atoms with E-state index in [0.717, 1.165) is 16.9 Å². The van der Waals surface area contributed by atoms with E-state index in [4.69, 9.17) is 4.74 Å². The topological polar surface area (TPSA) is 57.8 Å². The average molecular weight is 447 g/mol. The molecule has 33 heavy (non-hydrogen) atoms. The van der Waals surface area contributed by atoms with Crippen molar-refractivity contribution < 1.29 is 13.5 Å². The molecular formula is C25H23F2N5O. The maximum absolute atomic E-state index is 16.0. The third-order valence-corrected chi connectivity index (χ3v) is 5.85. The second-order valence-electron chi connectivity index (χ2n) is 8.12. The molecule has 168 valence electrons. The predicted molar refractivity (Wildman–Crippen MR) is 121 cm³/mol. The lowest BCUT2D eigenvalue weighted by atomic mass is 9.88. The number of nitrogens with zero attached hydrogens (tertiary/aromatic N) is 5. The highest BCUT2D eigenvalue weighted by Crippen LogP contribution is 2.40. The lowest BCUT2D eigenvalue weighted by molar-refractivity contribution is 0.152. The van der Waals surface area contributed by atoms with Crippen molar-refractivity contribution in [1.82, 2.24) is 24.3 Å². The highest BCUT2D eigenvalue weighted by molar-refractivity contribution is 5.69. The first-order chi connectivity index (χ1) is 16.0. The standard InChI is InChI=1S/C25H23F2N5O/c1-17-15-31(16-28-17)21-10-4-18(14-22(21)33-2)5-11-23-29-24-25(27,12-3-13-32(24)30-23)19-6-8-20(26)9-7-19/h4-11,14-16H,3,12-13H2,1-2H3/t25-/m1/s1. The lowest BCUT2D eigenvalue weighted by Gasteiger charge is -2.29. The van der Waals surface area contributed by atoms with Crippen LogP contribution in [-0.2, 0) is 12.2 Å². The van der Waals surface area contributed by atoms with E-state index in [1.54, 1.807) is 24.2 Å². The Morgan fingerprint density at radius 2 is 1.94 bits per heavy atom. The minimum absolute atomic E-state index is 0.253. The van der Waals surface area contributed by atoms with E-state index in [2.05, 4.69) is 15.1 Å². The fourth-order valence-electron chi connectivity index (χ4n) is 4.19. The number of aromatic nitrogens is 5. The molecule has 3 heterocycles. The summed E-state index contributed by atoms with van der Waals surface area (Å²) in [4.78, 5) is 8.74. The van der Waals surface area contributed by atoms with Gasteiger partial charge in [0, 0.05) is 12.7 Å². The monoisotopic (exact) mass is 447 g/mol. The molecule has 2 aromatic heterocycles. The van der Waals surface area contributed by atoms with E-state index >= 15 is 4.39 Å². The number of hydrogen-bond donors (Lipinski definition) is 0. The summed E-state index contributed by atoms with van der Waals surface area (Å²) >= 11 is 0. The van der Waals surface area contributed by atoms with Crippen molar-refractivity contribution >= 4 is 12.2 Å². The van der Waals surface area contributed by atoms with Gasteiger partial charge < -0.3 is 9.30 Å². The summed E-state index contributed by atoms with van der Waals surface area (Å²) in [7, 11) is 1.62. The number of imidazole rings is 1. The van der Waals surface area contributed by atoms with Crippen LogP contribution in [-0.4, -0.2) is 31.4 Å². The van der Waals surface area contributed by atoms with E-state index < -0.39 is 11.5 Å². The van der Waals surface area contributed by atoms with E-state index in [-0.39, 0.29) is 12.2 Å². The van der Waals surface area contributed by atoms with Crippen LogP contribution in [0.3, 0.4) is 0 Å². The van der Waals surface area contributed by atoms with E-state index in [0.29, 0.717) is 30.1 Å². The first-order valence-electron chi connectivity index (χ1n) is 10.7. The van der Waals surface area contributed by atoms with E-state index in [1.807, 2.05) is 42.0 Å². The van der Waals surface area contributed by atoms with Gasteiger partial charge in [-0.3, -0.25) is 0 Å². The first-order valence-corrected chi connectivity index (χ1v) is 10.7. The largest absolute Gasteiger partial charge is 0.495 e. The van der Waals surface area contributed by atoms with Gasteiger partial charge in [0.2, 0.25) is 0 Å². The van der Waals surface area contributed by atoms with Crippen LogP contribution in [0, 0.1) is 12.7 Å². The van der Waals surface area contributed by atoms with Gasteiger partial charge in [-0.25, -0.2) is 23.4 Å². The molecule has 8 heteroatoms. The van der Waals surface area contributed by atoms with Gasteiger partial charge in [-0.2, -0.15) is 5.10 Å². The molecule has 0 unspecified atom stereocenters. The van der Waals surface area contributed by atoms with E-state index in [1.165, 1.54) is 24.3 Å². The minimum atomic E-state index is -1.79. The molecule has 0 fully saturated rings. The Bertz CT molecular complexity index is 1330. The second-order valence-corrected chi connectivity index (χ2v) is 8.12. The number of halogens is 2. The molecule has 4 aromatic rings. The fourth-order valence-corrected chi connectivity index (χ4v) is 4.19. The first kappa shape index (κ1) is 21.1. The zero-order valence-corrected chi connectivity index (χ0v) is 18.4. The number of alkyl halides is 1. The molecule has 1 aliphatic heterocycles. The van der Waals surface area contributed by atoms with E-state index in [9.17, 15) is 4.39 Å². The average Bonchev–Trinajstić information content (AvgIpc) is 3.45. The lowest BCUT2D eigenvalue weighted by Crippen LogP contribution is -2.31. The van der Waals surface area contributed by atoms with Gasteiger partial charge in [-0.15, -0.1) is 0 Å². The normalized spacial score (nSPS) is 17.9. The Labute approximate surface area is 190 Å². The summed E-state index contributed by atoms with van der Waals surface area (Å²) in [6.45, 7) is 2.52. The summed E-state index contributed by atoms with van der Waals surface area (Å²) in [5, 5.41) is 4.48. The van der Waals surface area contributed by atoms with Gasteiger partial charge in [0.1, 0.15) is 11.6 Å². The molecule has 1 atom stereocenters. The van der Waals surface area contributed by atoms with Crippen molar-refractivity contribution in [3.8, 4) is 11.4 Å². The van der Waals surface area contributed by atoms with Crippen molar-refractivity contribution in [2.45, 2.75) is 32.0 Å². The number of fused-ring (bicyclic) bond motifs is 1. The van der Waals surface area contributed by atoms with Crippen LogP contribution in [0.25, 0.3) is 17.8 Å². The van der Waals surface area contributed by atoms with Gasteiger partial charge in [0.05, 0.1) is 24.8 Å². The highest BCUT2D eigenvalue weighted by atomic mass is 19.1. The zero-order valence-electron chi connectivity index (χ0n) is 18.4. The minimum Gasteiger partial charge on any atom is -0.495 e. The highest BCUT2D eigenvalue weighted by Gasteiger charge is 2.41. The molecule has 2 aromatic carbocycles. The molecule has 0 saturated carbocycles. The van der Waals surface area contributed by atoms with Gasteiger partial charge in [-0.1, -0.05) is 24.3 Å². The number of ether oxygens (including phenoxy) is 1. The van der Waals surface area contributed by atoms with Crippen LogP contribution in [0.15, 0.2) is 55.0 Å². The van der Waals surface area contributed by atoms with Crippen LogP contribution in [0.5, 0.6) is 5.75 Å². The van der Waals surface area contributed by atoms with Crippen LogP contribution in [0.2, 0.25) is 0 Å². The Balaban J connectivity index is 1.43. The fraction of sp³-hybridized carbons (Fsp3) is 0.240. The summed E-state index contributed by atoms with van der Waals surface area (Å²) in [6, 6.07) is 11.3. The van der Waals surface area contributed by atoms with Gasteiger partial charge >= 0.3 is 0 Å². The smallest absolute Gasteiger partial charge is 0.194 e. The molecule has 0 saturated heterocycles. The van der Waals surface area contributed by atoms with Crippen molar-refractivity contribution in [2.75, 3.05) is 7.11 Å². The van der Waals surface area contributed by atoms with Crippen molar-refractivity contribution in [1.29, 1.82) is 0 Å². The predicted octanol–water partition coefficient (Wildman–Crippen LogP) is 5.10. The van der Waals surface area contributed by atoms with Crippen LogP contribution in [0.4, 0.5) is 8.78 Å². The van der Waals surface area contributed by atoms with Gasteiger partial charge in [0.25, 0.3) is 0 Å². The Kier molecular flexibility index (Phi) is 5.28. The third kappa shape index (κ3) is 3.92. The maximum Gasteiger partial charge on any atom is 0.194 e. The third-order valence-electron chi connectivity index (χ3n) is 5.85. The van der Waals surface area contributed by atoms with Gasteiger partial charge in [-0.05, 0) is 61.2 Å². The van der Waals surface area contributed by atoms with Crippen LogP contribution < -0.4 is 4.74 Å². The Morgan fingerprint density at radius 3 is 2.67 bits per heavy atom. The maximum atomic E-state index is 16.0. The van der Waals surface area contributed by atoms with Crippen LogP contribution in [0.1, 0.15) is 41.3 Å². The summed E-state index contributed by atoms with van der Waals surface area (Å²) in [6.07, 6.45) is 8.20. The molecule has 0 amide bonds. The molecule has 6 nitrogen and oxygen atoms in total. The molecule has 0 aliphatic carbocycles. The summed E-state index contributed by atoms with van der Waals surface area (Å²) in [5.41, 5.74) is 1.29. The quantitative estimate of drug-likeness (QED) is 0.427. The number of rotatable bonds is 5. The zero-order chi connectivity index (χ0) is 23.0. The second kappa shape index (κ2) is 8.27. The SMILES string of the molecule is COc1cc(C=Cc2nc3n(n2)CCC[C@@]3(F)c2ccc(F)cc2)ccc1-n1cnc(C)c1. The number of hydrogen-bond acceptors (Lipinski definition) is 4. The summed E-state index contributed by atoms with van der Waals surface area (Å²) < 4.78 is 38.4. The Morgan fingerprint density at radius 1 is 1.12 bits per heavy atom.